The van der Waals surface area contributed by atoms with E-state index in [-0.39, 0.29) is 6.10 Å². The maximum Gasteiger partial charge on any atom is 0.345 e. The van der Waals surface area contributed by atoms with E-state index in [0.717, 1.165) is 0 Å². The molecule has 2 amide bonds. The van der Waals surface area contributed by atoms with Crippen LogP contribution in [0.4, 0.5) is 10.5 Å². The van der Waals surface area contributed by atoms with Crippen molar-refractivity contribution in [2.45, 2.75) is 13.0 Å². The van der Waals surface area contributed by atoms with Crippen LogP contribution in [-0.4, -0.2) is 29.4 Å². The van der Waals surface area contributed by atoms with Crippen molar-refractivity contribution in [2.24, 2.45) is 4.99 Å². The van der Waals surface area contributed by atoms with Crippen LogP contribution in [0.15, 0.2) is 53.8 Å². The summed E-state index contributed by atoms with van der Waals surface area (Å²) < 4.78 is 11.4. The van der Waals surface area contributed by atoms with E-state index < -0.39 is 6.03 Å². The van der Waals surface area contributed by atoms with Gasteiger partial charge in [0.15, 0.2) is 17.6 Å². The van der Waals surface area contributed by atoms with Crippen LogP contribution in [0.2, 0.25) is 0 Å². The number of benzene rings is 1. The average molecular weight is 297 g/mol. The highest BCUT2D eigenvalue weighted by atomic mass is 16.6. The Morgan fingerprint density at radius 2 is 1.95 bits per heavy atom. The fraction of sp³-hybridized carbons (Fsp3) is 0.188. The van der Waals surface area contributed by atoms with Crippen LogP contribution in [0.1, 0.15) is 6.92 Å². The molecule has 0 aliphatic carbocycles. The summed E-state index contributed by atoms with van der Waals surface area (Å²) in [7, 11) is 0. The Bertz CT molecular complexity index is 701. The van der Waals surface area contributed by atoms with E-state index >= 15 is 0 Å². The number of nitrogens with one attached hydrogen (secondary N) is 1. The smallest absolute Gasteiger partial charge is 0.345 e. The van der Waals surface area contributed by atoms with Gasteiger partial charge in [-0.2, -0.15) is 4.99 Å². The molecule has 3 rings (SSSR count). The molecule has 0 bridgehead atoms. The van der Waals surface area contributed by atoms with Crippen molar-refractivity contribution in [3.8, 4) is 11.5 Å². The predicted molar refractivity (Wildman–Crippen MR) is 82.7 cm³/mol. The molecule has 6 nitrogen and oxygen atoms in total. The third-order valence-corrected chi connectivity index (χ3v) is 3.18. The summed E-state index contributed by atoms with van der Waals surface area (Å²) in [6, 6.07) is 10.4. The third-order valence-electron chi connectivity index (χ3n) is 3.18. The fourth-order valence-corrected chi connectivity index (χ4v) is 2.04. The Morgan fingerprint density at radius 3 is 2.73 bits per heavy atom. The summed E-state index contributed by atoms with van der Waals surface area (Å²) in [5, 5.41) is 2.67. The maximum atomic E-state index is 11.9. The summed E-state index contributed by atoms with van der Waals surface area (Å²) in [5.74, 6) is 1.36. The van der Waals surface area contributed by atoms with Crippen molar-refractivity contribution < 1.29 is 14.3 Å². The zero-order chi connectivity index (χ0) is 15.4. The molecule has 1 aliphatic rings. The molecule has 0 saturated carbocycles. The first kappa shape index (κ1) is 14.1. The molecule has 1 unspecified atom stereocenters. The molecule has 1 aliphatic heterocycles. The van der Waals surface area contributed by atoms with Gasteiger partial charge in [-0.15, -0.1) is 0 Å². The standard InChI is InChI=1S/C16H15N3O3/c1-11(18-16(20)19-12-6-8-17-9-7-12)15-10-21-13-4-2-3-5-14(13)22-15/h2-9,15H,10H2,1H3,(H,17,19,20). The first-order valence-corrected chi connectivity index (χ1v) is 6.87. The molecule has 2 aromatic rings. The van der Waals surface area contributed by atoms with Crippen molar-refractivity contribution in [3.05, 3.63) is 48.8 Å². The molecule has 0 saturated heterocycles. The number of anilines is 1. The van der Waals surface area contributed by atoms with Crippen molar-refractivity contribution in [2.75, 3.05) is 11.9 Å². The third kappa shape index (κ3) is 3.22. The topological polar surface area (TPSA) is 72.8 Å². The number of urea groups is 1. The van der Waals surface area contributed by atoms with Crippen LogP contribution in [0, 0.1) is 0 Å². The summed E-state index contributed by atoms with van der Waals surface area (Å²) in [5.41, 5.74) is 1.20. The van der Waals surface area contributed by atoms with Gasteiger partial charge in [-0.1, -0.05) is 12.1 Å². The first-order chi connectivity index (χ1) is 10.7. The number of carbonyl (C=O) groups is 1. The SMILES string of the molecule is CC(=NC(=O)Nc1ccncc1)C1COc2ccccc2O1. The average Bonchev–Trinajstić information content (AvgIpc) is 2.55. The van der Waals surface area contributed by atoms with E-state index in [9.17, 15) is 4.79 Å². The Labute approximate surface area is 127 Å². The molecule has 1 aromatic heterocycles. The number of para-hydroxylation sites is 2. The molecule has 0 fully saturated rings. The van der Waals surface area contributed by atoms with E-state index in [4.69, 9.17) is 9.47 Å². The number of pyridine rings is 1. The van der Waals surface area contributed by atoms with E-state index in [0.29, 0.717) is 29.5 Å². The van der Waals surface area contributed by atoms with Gasteiger partial charge in [0.05, 0.1) is 5.71 Å². The van der Waals surface area contributed by atoms with E-state index in [1.807, 2.05) is 24.3 Å². The highest BCUT2D eigenvalue weighted by molar-refractivity contribution is 6.01. The van der Waals surface area contributed by atoms with E-state index in [1.54, 1.807) is 31.5 Å². The van der Waals surface area contributed by atoms with Gasteiger partial charge in [0.1, 0.15) is 6.61 Å². The number of ether oxygens (including phenoxy) is 2. The number of aromatic nitrogens is 1. The highest BCUT2D eigenvalue weighted by Crippen LogP contribution is 2.31. The van der Waals surface area contributed by atoms with Gasteiger partial charge in [0, 0.05) is 18.1 Å². The van der Waals surface area contributed by atoms with Gasteiger partial charge in [0.25, 0.3) is 0 Å². The number of carbonyl (C=O) groups excluding carboxylic acids is 1. The van der Waals surface area contributed by atoms with Gasteiger partial charge in [-0.3, -0.25) is 4.98 Å². The second kappa shape index (κ2) is 6.26. The van der Waals surface area contributed by atoms with E-state index in [2.05, 4.69) is 15.3 Å². The van der Waals surface area contributed by atoms with Crippen molar-refractivity contribution >= 4 is 17.4 Å². The summed E-state index contributed by atoms with van der Waals surface area (Å²) in [6.45, 7) is 2.07. The minimum Gasteiger partial charge on any atom is -0.485 e. The number of rotatable bonds is 2. The van der Waals surface area contributed by atoms with Crippen LogP contribution >= 0.6 is 0 Å². The minimum atomic E-state index is -0.453. The highest BCUT2D eigenvalue weighted by Gasteiger charge is 2.23. The maximum absolute atomic E-state index is 11.9. The lowest BCUT2D eigenvalue weighted by Gasteiger charge is -2.26. The quantitative estimate of drug-likeness (QED) is 0.865. The van der Waals surface area contributed by atoms with Crippen molar-refractivity contribution in [1.82, 2.24) is 4.98 Å². The molecular weight excluding hydrogens is 282 g/mol. The normalized spacial score (nSPS) is 17.0. The molecule has 6 heteroatoms. The van der Waals surface area contributed by atoms with Crippen LogP contribution in [0.5, 0.6) is 11.5 Å². The number of hydrogen-bond donors (Lipinski definition) is 1. The van der Waals surface area contributed by atoms with E-state index in [1.165, 1.54) is 0 Å². The molecule has 0 radical (unpaired) electrons. The molecule has 22 heavy (non-hydrogen) atoms. The molecule has 1 atom stereocenters. The van der Waals surface area contributed by atoms with Crippen LogP contribution < -0.4 is 14.8 Å². The monoisotopic (exact) mass is 297 g/mol. The van der Waals surface area contributed by atoms with Crippen LogP contribution in [0.25, 0.3) is 0 Å². The molecule has 0 spiro atoms. The molecule has 112 valence electrons. The fourth-order valence-electron chi connectivity index (χ4n) is 2.04. The van der Waals surface area contributed by atoms with Gasteiger partial charge < -0.3 is 14.8 Å². The lowest BCUT2D eigenvalue weighted by Crippen LogP contribution is -2.35. The second-order valence-corrected chi connectivity index (χ2v) is 4.78. The molecular formula is C16H15N3O3. The minimum absolute atomic E-state index is 0.328. The Hall–Kier alpha value is -2.89. The largest absolute Gasteiger partial charge is 0.485 e. The van der Waals surface area contributed by atoms with Gasteiger partial charge >= 0.3 is 6.03 Å². The number of aliphatic imine (C=N–C) groups is 1. The predicted octanol–water partition coefficient (Wildman–Crippen LogP) is 2.91. The lowest BCUT2D eigenvalue weighted by molar-refractivity contribution is 0.134. The number of hydrogen-bond acceptors (Lipinski definition) is 4. The number of amides is 2. The van der Waals surface area contributed by atoms with Crippen molar-refractivity contribution in [3.63, 3.8) is 0 Å². The first-order valence-electron chi connectivity index (χ1n) is 6.87. The molecule has 1 aromatic carbocycles. The number of fused-ring (bicyclic) bond motifs is 1. The lowest BCUT2D eigenvalue weighted by atomic mass is 10.2. The molecule has 1 N–H and O–H groups in total. The summed E-state index contributed by atoms with van der Waals surface area (Å²) in [6.07, 6.45) is 2.82. The molecule has 2 heterocycles. The van der Waals surface area contributed by atoms with Crippen LogP contribution in [-0.2, 0) is 0 Å². The second-order valence-electron chi connectivity index (χ2n) is 4.78. The Morgan fingerprint density at radius 1 is 1.23 bits per heavy atom. The zero-order valence-electron chi connectivity index (χ0n) is 12.0. The number of nitrogens with zero attached hydrogens (tertiary/aromatic N) is 2. The van der Waals surface area contributed by atoms with Gasteiger partial charge in [-0.05, 0) is 31.2 Å². The Balaban J connectivity index is 1.66. The van der Waals surface area contributed by atoms with Gasteiger partial charge in [0.2, 0.25) is 0 Å². The van der Waals surface area contributed by atoms with Gasteiger partial charge in [-0.25, -0.2) is 4.79 Å². The van der Waals surface area contributed by atoms with Crippen LogP contribution in [0.3, 0.4) is 0 Å². The van der Waals surface area contributed by atoms with Crippen molar-refractivity contribution in [1.29, 1.82) is 0 Å². The Kier molecular flexibility index (Phi) is 4.00. The summed E-state index contributed by atoms with van der Waals surface area (Å²) >= 11 is 0. The zero-order valence-corrected chi connectivity index (χ0v) is 12.0. The summed E-state index contributed by atoms with van der Waals surface area (Å²) in [4.78, 5) is 19.8.